The molecule has 0 saturated heterocycles. The van der Waals surface area contributed by atoms with Crippen molar-refractivity contribution in [1.29, 1.82) is 0 Å². The van der Waals surface area contributed by atoms with E-state index in [2.05, 4.69) is 5.32 Å². The zero-order valence-electron chi connectivity index (χ0n) is 10.4. The monoisotopic (exact) mass is 228 g/mol. The number of nitrogens with two attached hydrogens (primary N) is 1. The minimum absolute atomic E-state index is 0.104. The van der Waals surface area contributed by atoms with Crippen molar-refractivity contribution in [2.24, 2.45) is 11.7 Å². The maximum Gasteiger partial charge on any atom is 0.220 e. The maximum atomic E-state index is 11.7. The van der Waals surface area contributed by atoms with Gasteiger partial charge in [-0.3, -0.25) is 4.79 Å². The molecule has 1 fully saturated rings. The van der Waals surface area contributed by atoms with E-state index in [-0.39, 0.29) is 23.9 Å². The van der Waals surface area contributed by atoms with Crippen molar-refractivity contribution in [3.05, 3.63) is 0 Å². The summed E-state index contributed by atoms with van der Waals surface area (Å²) in [4.78, 5) is 11.7. The van der Waals surface area contributed by atoms with Crippen molar-refractivity contribution in [3.8, 4) is 0 Å². The van der Waals surface area contributed by atoms with Crippen molar-refractivity contribution >= 4 is 5.91 Å². The molecule has 0 radical (unpaired) electrons. The molecule has 0 aliphatic heterocycles. The highest BCUT2D eigenvalue weighted by atomic mass is 16.5. The minimum atomic E-state index is 0.104. The Hall–Kier alpha value is -0.610. The first kappa shape index (κ1) is 13.5. The highest BCUT2D eigenvalue weighted by molar-refractivity contribution is 5.76. The molecule has 4 nitrogen and oxygen atoms in total. The van der Waals surface area contributed by atoms with Gasteiger partial charge in [0.1, 0.15) is 0 Å². The summed E-state index contributed by atoms with van der Waals surface area (Å²) in [6.45, 7) is 2.65. The van der Waals surface area contributed by atoms with Gasteiger partial charge in [0.2, 0.25) is 5.91 Å². The van der Waals surface area contributed by atoms with Crippen molar-refractivity contribution < 1.29 is 9.53 Å². The van der Waals surface area contributed by atoms with Crippen LogP contribution in [0.4, 0.5) is 0 Å². The number of nitrogens with one attached hydrogen (secondary N) is 1. The van der Waals surface area contributed by atoms with Gasteiger partial charge in [0.05, 0.1) is 0 Å². The molecule has 1 saturated carbocycles. The zero-order chi connectivity index (χ0) is 12.0. The van der Waals surface area contributed by atoms with Gasteiger partial charge >= 0.3 is 0 Å². The Kier molecular flexibility index (Phi) is 5.77. The molecule has 3 unspecified atom stereocenters. The molecule has 3 N–H and O–H groups in total. The van der Waals surface area contributed by atoms with Crippen LogP contribution in [0.15, 0.2) is 0 Å². The van der Waals surface area contributed by atoms with Gasteiger partial charge in [0.25, 0.3) is 0 Å². The van der Waals surface area contributed by atoms with Gasteiger partial charge < -0.3 is 15.8 Å². The second-order valence-corrected chi connectivity index (χ2v) is 4.89. The summed E-state index contributed by atoms with van der Waals surface area (Å²) in [7, 11) is 1.66. The molecule has 4 heteroatoms. The molecule has 0 heterocycles. The average Bonchev–Trinajstić information content (AvgIpc) is 2.21. The summed E-state index contributed by atoms with van der Waals surface area (Å²) in [5.74, 6) is 0.372. The van der Waals surface area contributed by atoms with Crippen molar-refractivity contribution in [3.63, 3.8) is 0 Å². The summed E-state index contributed by atoms with van der Waals surface area (Å²) < 4.78 is 5.01. The van der Waals surface area contributed by atoms with E-state index in [9.17, 15) is 4.79 Å². The lowest BCUT2D eigenvalue weighted by molar-refractivity contribution is -0.123. The molecule has 16 heavy (non-hydrogen) atoms. The molecule has 94 valence electrons. The maximum absolute atomic E-state index is 11.7. The average molecular weight is 228 g/mol. The molecular weight excluding hydrogens is 204 g/mol. The van der Waals surface area contributed by atoms with Gasteiger partial charge in [-0.2, -0.15) is 0 Å². The van der Waals surface area contributed by atoms with Crippen LogP contribution in [0.3, 0.4) is 0 Å². The predicted molar refractivity (Wildman–Crippen MR) is 64.0 cm³/mol. The Morgan fingerprint density at radius 3 is 2.81 bits per heavy atom. The van der Waals surface area contributed by atoms with Crippen LogP contribution in [-0.2, 0) is 9.53 Å². The first-order chi connectivity index (χ1) is 7.63. The van der Waals surface area contributed by atoms with E-state index >= 15 is 0 Å². The minimum Gasteiger partial charge on any atom is -0.384 e. The first-order valence-corrected chi connectivity index (χ1v) is 6.17. The van der Waals surface area contributed by atoms with Gasteiger partial charge in [0.15, 0.2) is 0 Å². The first-order valence-electron chi connectivity index (χ1n) is 6.17. The molecule has 0 bridgehead atoms. The molecular formula is C12H24N2O2. The van der Waals surface area contributed by atoms with E-state index in [1.165, 1.54) is 12.8 Å². The SMILES string of the molecule is COCC(C)CC(=O)NC1CCCCC1N. The summed E-state index contributed by atoms with van der Waals surface area (Å²) >= 11 is 0. The zero-order valence-corrected chi connectivity index (χ0v) is 10.4. The number of rotatable bonds is 5. The molecule has 1 aliphatic carbocycles. The standard InChI is InChI=1S/C12H24N2O2/c1-9(8-16-2)7-12(15)14-11-6-4-3-5-10(11)13/h9-11H,3-8,13H2,1-2H3,(H,14,15). The third kappa shape index (κ3) is 4.49. The Labute approximate surface area is 97.9 Å². The topological polar surface area (TPSA) is 64.3 Å². The van der Waals surface area contributed by atoms with Gasteiger partial charge in [-0.05, 0) is 18.8 Å². The number of hydrogen-bond donors (Lipinski definition) is 2. The van der Waals surface area contributed by atoms with Crippen LogP contribution in [0.5, 0.6) is 0 Å². The van der Waals surface area contributed by atoms with Crippen LogP contribution < -0.4 is 11.1 Å². The van der Waals surface area contributed by atoms with Crippen molar-refractivity contribution in [2.45, 2.75) is 51.1 Å². The van der Waals surface area contributed by atoms with Crippen LogP contribution >= 0.6 is 0 Å². The van der Waals surface area contributed by atoms with Gasteiger partial charge in [0, 0.05) is 32.2 Å². The highest BCUT2D eigenvalue weighted by Crippen LogP contribution is 2.17. The Morgan fingerprint density at radius 2 is 2.19 bits per heavy atom. The Balaban J connectivity index is 2.27. The summed E-state index contributed by atoms with van der Waals surface area (Å²) in [6.07, 6.45) is 4.93. The van der Waals surface area contributed by atoms with E-state index in [0.29, 0.717) is 13.0 Å². The quantitative estimate of drug-likeness (QED) is 0.739. The number of hydrogen-bond acceptors (Lipinski definition) is 3. The van der Waals surface area contributed by atoms with Crippen LogP contribution in [0.2, 0.25) is 0 Å². The van der Waals surface area contributed by atoms with E-state index < -0.39 is 0 Å². The Bertz CT molecular complexity index is 221. The predicted octanol–water partition coefficient (Wildman–Crippen LogP) is 1.05. The smallest absolute Gasteiger partial charge is 0.220 e. The van der Waals surface area contributed by atoms with E-state index in [1.54, 1.807) is 7.11 Å². The molecule has 0 aromatic heterocycles. The van der Waals surface area contributed by atoms with Crippen LogP contribution in [0, 0.1) is 5.92 Å². The van der Waals surface area contributed by atoms with E-state index in [1.807, 2.05) is 6.92 Å². The summed E-state index contributed by atoms with van der Waals surface area (Å²) in [5.41, 5.74) is 5.98. The van der Waals surface area contributed by atoms with Crippen LogP contribution in [0.25, 0.3) is 0 Å². The van der Waals surface area contributed by atoms with Crippen LogP contribution in [0.1, 0.15) is 39.0 Å². The van der Waals surface area contributed by atoms with Gasteiger partial charge in [-0.15, -0.1) is 0 Å². The molecule has 0 spiro atoms. The van der Waals surface area contributed by atoms with Crippen molar-refractivity contribution in [1.82, 2.24) is 5.32 Å². The molecule has 0 aromatic rings. The number of amides is 1. The number of ether oxygens (including phenoxy) is 1. The molecule has 3 atom stereocenters. The second kappa shape index (κ2) is 6.86. The normalized spacial score (nSPS) is 27.4. The largest absolute Gasteiger partial charge is 0.384 e. The highest BCUT2D eigenvalue weighted by Gasteiger charge is 2.23. The van der Waals surface area contributed by atoms with Gasteiger partial charge in [-0.1, -0.05) is 19.8 Å². The molecule has 1 amide bonds. The lowest BCUT2D eigenvalue weighted by Gasteiger charge is -2.29. The van der Waals surface area contributed by atoms with E-state index in [4.69, 9.17) is 10.5 Å². The number of carbonyl (C=O) groups excluding carboxylic acids is 1. The fourth-order valence-electron chi connectivity index (χ4n) is 2.26. The molecule has 1 rings (SSSR count). The fourth-order valence-corrected chi connectivity index (χ4v) is 2.26. The van der Waals surface area contributed by atoms with E-state index in [0.717, 1.165) is 12.8 Å². The molecule has 0 aromatic carbocycles. The molecule has 1 aliphatic rings. The summed E-state index contributed by atoms with van der Waals surface area (Å²) in [6, 6.07) is 0.312. The third-order valence-electron chi connectivity index (χ3n) is 3.15. The van der Waals surface area contributed by atoms with Gasteiger partial charge in [-0.25, -0.2) is 0 Å². The van der Waals surface area contributed by atoms with Crippen molar-refractivity contribution in [2.75, 3.05) is 13.7 Å². The summed E-state index contributed by atoms with van der Waals surface area (Å²) in [5, 5.41) is 3.04. The third-order valence-corrected chi connectivity index (χ3v) is 3.15. The lowest BCUT2D eigenvalue weighted by atomic mass is 9.91. The van der Waals surface area contributed by atoms with Crippen LogP contribution in [-0.4, -0.2) is 31.7 Å². The lowest BCUT2D eigenvalue weighted by Crippen LogP contribution is -2.49. The number of carbonyl (C=O) groups is 1. The second-order valence-electron chi connectivity index (χ2n) is 4.89. The Morgan fingerprint density at radius 1 is 1.50 bits per heavy atom. The fraction of sp³-hybridized carbons (Fsp3) is 0.917. The number of methoxy groups -OCH3 is 1.